The first-order chi connectivity index (χ1) is 16.9. The fraction of sp³-hybridized carbons (Fsp3) is 0.731. The van der Waals surface area contributed by atoms with E-state index in [1.165, 1.54) is 7.11 Å². The van der Waals surface area contributed by atoms with Crippen molar-refractivity contribution in [2.24, 2.45) is 0 Å². The van der Waals surface area contributed by atoms with Crippen LogP contribution in [0.5, 0.6) is 11.5 Å². The summed E-state index contributed by atoms with van der Waals surface area (Å²) in [5.41, 5.74) is 1.47. The van der Waals surface area contributed by atoms with E-state index in [2.05, 4.69) is 55.4 Å². The average molecular weight is 604 g/mol. The Morgan fingerprint density at radius 1 is 0.944 bits per heavy atom. The van der Waals surface area contributed by atoms with Gasteiger partial charge in [0.15, 0.2) is 0 Å². The molecule has 0 aromatic heterocycles. The minimum absolute atomic E-state index is 0.221. The van der Waals surface area contributed by atoms with Gasteiger partial charge in [0.2, 0.25) is 0 Å². The molecule has 0 spiro atoms. The van der Waals surface area contributed by atoms with E-state index >= 15 is 0 Å². The number of carbonyl (C=O) groups is 1. The van der Waals surface area contributed by atoms with Crippen molar-refractivity contribution in [2.75, 3.05) is 20.8 Å². The van der Waals surface area contributed by atoms with Crippen LogP contribution in [0.1, 0.15) is 65.7 Å². The Kier molecular flexibility index (Phi) is 9.80. The molecule has 0 aliphatic carbocycles. The zero-order valence-corrected chi connectivity index (χ0v) is 27.2. The normalized spacial score (nSPS) is 25.6. The molecule has 1 aromatic carbocycles. The Hall–Kier alpha value is -0.877. The van der Waals surface area contributed by atoms with Crippen LogP contribution in [0.4, 0.5) is 0 Å². The quantitative estimate of drug-likeness (QED) is 0.262. The Morgan fingerprint density at radius 3 is 2.08 bits per heavy atom. The van der Waals surface area contributed by atoms with E-state index in [0.29, 0.717) is 34.8 Å². The van der Waals surface area contributed by atoms with E-state index in [-0.39, 0.29) is 43.1 Å². The third-order valence-electron chi connectivity index (χ3n) is 7.43. The Morgan fingerprint density at radius 2 is 1.56 bits per heavy atom. The molecule has 0 radical (unpaired) electrons. The summed E-state index contributed by atoms with van der Waals surface area (Å²) in [5, 5.41) is 0.800. The van der Waals surface area contributed by atoms with E-state index in [0.717, 1.165) is 5.32 Å². The van der Waals surface area contributed by atoms with Crippen LogP contribution in [0.2, 0.25) is 32.3 Å². The summed E-state index contributed by atoms with van der Waals surface area (Å²) in [5.74, 6) is 0.651. The van der Waals surface area contributed by atoms with E-state index in [4.69, 9.17) is 27.2 Å². The number of carbonyl (C=O) groups excluding carboxylic acids is 1. The molecule has 0 unspecified atom stereocenters. The number of methoxy groups -OCH3 is 2. The molecular weight excluding hydrogens is 559 g/mol. The molecule has 2 heterocycles. The molecular formula is C26H44O7SeSi2. The predicted octanol–water partition coefficient (Wildman–Crippen LogP) is 6.11. The topological polar surface area (TPSA) is 72.5 Å². The van der Waals surface area contributed by atoms with Crippen molar-refractivity contribution in [3.63, 3.8) is 0 Å². The fourth-order valence-electron chi connectivity index (χ4n) is 5.35. The number of fused-ring (bicyclic) bond motifs is 1. The van der Waals surface area contributed by atoms with E-state index in [1.54, 1.807) is 25.3 Å². The van der Waals surface area contributed by atoms with Gasteiger partial charge in [0.05, 0.1) is 0 Å². The molecule has 7 nitrogen and oxygen atoms in total. The van der Waals surface area contributed by atoms with Gasteiger partial charge in [-0.1, -0.05) is 0 Å². The van der Waals surface area contributed by atoms with E-state index in [9.17, 15) is 4.79 Å². The van der Waals surface area contributed by atoms with Gasteiger partial charge in [0, 0.05) is 0 Å². The second-order valence-electron chi connectivity index (χ2n) is 10.9. The molecule has 2 saturated heterocycles. The van der Waals surface area contributed by atoms with Crippen LogP contribution in [0.3, 0.4) is 0 Å². The minimum atomic E-state index is -2.75. The first kappa shape index (κ1) is 29.7. The zero-order valence-electron chi connectivity index (χ0n) is 23.5. The van der Waals surface area contributed by atoms with Crippen molar-refractivity contribution in [2.45, 2.75) is 99.9 Å². The van der Waals surface area contributed by atoms with Crippen molar-refractivity contribution < 1.29 is 32.0 Å². The van der Waals surface area contributed by atoms with Gasteiger partial charge < -0.3 is 0 Å². The van der Waals surface area contributed by atoms with Gasteiger partial charge in [0.1, 0.15) is 0 Å². The van der Waals surface area contributed by atoms with Crippen LogP contribution < -0.4 is 9.47 Å². The number of esters is 1. The molecule has 2 aliphatic rings. The van der Waals surface area contributed by atoms with Crippen LogP contribution in [0.25, 0.3) is 0 Å². The molecule has 204 valence electrons. The molecule has 10 heteroatoms. The van der Waals surface area contributed by atoms with Gasteiger partial charge in [-0.3, -0.25) is 0 Å². The van der Waals surface area contributed by atoms with Crippen molar-refractivity contribution in [1.29, 1.82) is 0 Å². The van der Waals surface area contributed by atoms with Gasteiger partial charge in [-0.25, -0.2) is 0 Å². The molecule has 2 aliphatic heterocycles. The van der Waals surface area contributed by atoms with Crippen LogP contribution >= 0.6 is 0 Å². The monoisotopic (exact) mass is 604 g/mol. The van der Waals surface area contributed by atoms with Crippen molar-refractivity contribution in [3.05, 3.63) is 23.8 Å². The summed E-state index contributed by atoms with van der Waals surface area (Å²) in [4.78, 5) is 13.5. The van der Waals surface area contributed by atoms with Gasteiger partial charge >= 0.3 is 226 Å². The molecule has 1 aromatic rings. The van der Waals surface area contributed by atoms with Gasteiger partial charge in [0.25, 0.3) is 0 Å². The zero-order chi connectivity index (χ0) is 26.8. The molecule has 36 heavy (non-hydrogen) atoms. The summed E-state index contributed by atoms with van der Waals surface area (Å²) in [7, 11) is -2.19. The van der Waals surface area contributed by atoms with Crippen molar-refractivity contribution in [3.8, 4) is 11.5 Å². The summed E-state index contributed by atoms with van der Waals surface area (Å²) in [6, 6.07) is 5.13. The Balaban J connectivity index is 1.94. The van der Waals surface area contributed by atoms with Crippen LogP contribution in [0, 0.1) is 0 Å². The van der Waals surface area contributed by atoms with Gasteiger partial charge in [-0.2, -0.15) is 0 Å². The fourth-order valence-corrected chi connectivity index (χ4v) is 19.8. The van der Waals surface area contributed by atoms with Crippen LogP contribution in [-0.4, -0.2) is 71.1 Å². The third-order valence-corrected chi connectivity index (χ3v) is 20.5. The standard InChI is InChI=1S/C26H44O7SeSi2/c1-16(2)35(17(3)4)30-14-24-25(32-36(33-35,18(5)6)19(7)8)23(15-34-24)31-26(27)21-12-11-20(28-9)13-22(21)29-10/h11-13,16-19,23-25H,14-15H2,1-10H3/t23-,24+,25-/m0/s1. The predicted molar refractivity (Wildman–Crippen MR) is 147 cm³/mol. The number of hydrogen-bond acceptors (Lipinski definition) is 7. The second kappa shape index (κ2) is 11.9. The van der Waals surface area contributed by atoms with Crippen LogP contribution in [0.15, 0.2) is 18.2 Å². The van der Waals surface area contributed by atoms with Gasteiger partial charge in [-0.05, 0) is 0 Å². The number of rotatable bonds is 8. The third kappa shape index (κ3) is 5.60. The first-order valence-corrected chi connectivity index (χ1v) is 19.1. The number of hydrogen-bond donors (Lipinski definition) is 0. The molecule has 0 bridgehead atoms. The molecule has 3 atom stereocenters. The molecule has 2 fully saturated rings. The number of benzene rings is 1. The van der Waals surface area contributed by atoms with E-state index < -0.39 is 23.1 Å². The second-order valence-corrected chi connectivity index (χ2v) is 22.5. The van der Waals surface area contributed by atoms with E-state index in [1.807, 2.05) is 0 Å². The number of ether oxygens (including phenoxy) is 3. The van der Waals surface area contributed by atoms with Gasteiger partial charge in [-0.15, -0.1) is 0 Å². The summed E-state index contributed by atoms with van der Waals surface area (Å²) in [6.45, 7) is 18.4. The Bertz CT molecular complexity index is 892. The maximum absolute atomic E-state index is 13.3. The SMILES string of the molecule is COc1ccc(C(=O)O[C@H]2C[Se][C@@H]3CO[Si](C(C)C)(C(C)C)O[Si](C(C)C)(C(C)C)O[C@@H]23)c(OC)c1. The maximum atomic E-state index is 13.3. The molecule has 0 N–H and O–H groups in total. The summed E-state index contributed by atoms with van der Waals surface area (Å²) < 4.78 is 38.2. The van der Waals surface area contributed by atoms with Crippen molar-refractivity contribution in [1.82, 2.24) is 0 Å². The Labute approximate surface area is 225 Å². The molecule has 3 rings (SSSR count). The van der Waals surface area contributed by atoms with Crippen LogP contribution in [-0.2, 0) is 17.7 Å². The summed E-state index contributed by atoms with van der Waals surface area (Å²) >= 11 is 0.235. The molecule has 0 saturated carbocycles. The van der Waals surface area contributed by atoms with Crippen molar-refractivity contribution >= 4 is 38.0 Å². The first-order valence-electron chi connectivity index (χ1n) is 13.0. The molecule has 0 amide bonds. The average Bonchev–Trinajstić information content (AvgIpc) is 3.17. The summed E-state index contributed by atoms with van der Waals surface area (Å²) in [6.07, 6.45) is -0.556.